The van der Waals surface area contributed by atoms with Crippen LogP contribution in [-0.2, 0) is 21.4 Å². The maximum Gasteiger partial charge on any atom is 0.230 e. The highest BCUT2D eigenvalue weighted by atomic mass is 32.2. The first kappa shape index (κ1) is 16.4. The molecule has 1 amide bonds. The van der Waals surface area contributed by atoms with Crippen LogP contribution in [0.15, 0.2) is 24.5 Å². The summed E-state index contributed by atoms with van der Waals surface area (Å²) in [5.74, 6) is 0.189. The van der Waals surface area contributed by atoms with Gasteiger partial charge in [0.15, 0.2) is 0 Å². The van der Waals surface area contributed by atoms with Crippen molar-refractivity contribution in [3.63, 3.8) is 0 Å². The van der Waals surface area contributed by atoms with E-state index in [-0.39, 0.29) is 11.7 Å². The summed E-state index contributed by atoms with van der Waals surface area (Å²) in [6, 6.07) is 3.82. The van der Waals surface area contributed by atoms with E-state index in [9.17, 15) is 13.2 Å². The van der Waals surface area contributed by atoms with Crippen LogP contribution >= 0.6 is 0 Å². The van der Waals surface area contributed by atoms with E-state index in [1.807, 2.05) is 17.0 Å². The predicted molar refractivity (Wildman–Crippen MR) is 87.0 cm³/mol. The molecule has 2 saturated heterocycles. The topological polar surface area (TPSA) is 70.6 Å². The average Bonchev–Trinajstić information content (AvgIpc) is 2.85. The van der Waals surface area contributed by atoms with E-state index in [1.54, 1.807) is 19.3 Å². The summed E-state index contributed by atoms with van der Waals surface area (Å²) in [6.45, 7) is 3.77. The van der Waals surface area contributed by atoms with Crippen LogP contribution < -0.4 is 0 Å². The minimum Gasteiger partial charge on any atom is -0.338 e. The van der Waals surface area contributed by atoms with Gasteiger partial charge in [0.25, 0.3) is 0 Å². The third-order valence-electron chi connectivity index (χ3n) is 5.00. The molecule has 1 atom stereocenters. The van der Waals surface area contributed by atoms with Gasteiger partial charge in [-0.05, 0) is 37.8 Å². The van der Waals surface area contributed by atoms with Gasteiger partial charge >= 0.3 is 0 Å². The Kier molecular flexibility index (Phi) is 4.42. The number of aromatic nitrogens is 1. The van der Waals surface area contributed by atoms with Crippen LogP contribution in [-0.4, -0.2) is 53.9 Å². The van der Waals surface area contributed by atoms with Crippen molar-refractivity contribution in [2.75, 3.05) is 25.4 Å². The molecule has 0 bridgehead atoms. The molecule has 6 nitrogen and oxygen atoms in total. The summed E-state index contributed by atoms with van der Waals surface area (Å²) < 4.78 is 25.8. The molecule has 0 N–H and O–H groups in total. The largest absolute Gasteiger partial charge is 0.338 e. The van der Waals surface area contributed by atoms with Gasteiger partial charge in [-0.3, -0.25) is 9.78 Å². The molecule has 2 aliphatic rings. The number of amides is 1. The van der Waals surface area contributed by atoms with E-state index in [4.69, 9.17) is 0 Å². The number of rotatable bonds is 4. The third-order valence-corrected chi connectivity index (χ3v) is 6.83. The van der Waals surface area contributed by atoms with Crippen LogP contribution in [0.2, 0.25) is 0 Å². The number of likely N-dealkylation sites (tertiary alicyclic amines) is 1. The van der Waals surface area contributed by atoms with E-state index < -0.39 is 15.4 Å². The summed E-state index contributed by atoms with van der Waals surface area (Å²) in [5, 5.41) is 0. The number of hydrogen-bond donors (Lipinski definition) is 0. The Balaban J connectivity index is 1.75. The lowest BCUT2D eigenvalue weighted by atomic mass is 9.79. The quantitative estimate of drug-likeness (QED) is 0.829. The van der Waals surface area contributed by atoms with Crippen molar-refractivity contribution in [1.29, 1.82) is 0 Å². The van der Waals surface area contributed by atoms with Gasteiger partial charge in [0, 0.05) is 38.6 Å². The standard InChI is InChI=1S/C16H23N3O3S/c1-2-23(21,22)19-9-4-6-16(13-19)7-10-18(15(16)20)12-14-5-3-8-17-11-14/h3,5,8,11H,2,4,6-7,9-10,12-13H2,1H3. The Hall–Kier alpha value is -1.47. The number of sulfonamides is 1. The normalized spacial score (nSPS) is 26.1. The second kappa shape index (κ2) is 6.20. The fraction of sp³-hybridized carbons (Fsp3) is 0.625. The first-order valence-electron chi connectivity index (χ1n) is 8.13. The minimum absolute atomic E-state index is 0.0939. The Morgan fingerprint density at radius 1 is 1.30 bits per heavy atom. The number of nitrogens with zero attached hydrogens (tertiary/aromatic N) is 3. The highest BCUT2D eigenvalue weighted by molar-refractivity contribution is 7.89. The first-order chi connectivity index (χ1) is 11.0. The molecule has 23 heavy (non-hydrogen) atoms. The van der Waals surface area contributed by atoms with Crippen LogP contribution in [0.3, 0.4) is 0 Å². The van der Waals surface area contributed by atoms with Crippen LogP contribution in [0.25, 0.3) is 0 Å². The van der Waals surface area contributed by atoms with Gasteiger partial charge < -0.3 is 4.90 Å². The zero-order valence-corrected chi connectivity index (χ0v) is 14.3. The second-order valence-electron chi connectivity index (χ2n) is 6.46. The summed E-state index contributed by atoms with van der Waals surface area (Å²) in [4.78, 5) is 18.9. The summed E-state index contributed by atoms with van der Waals surface area (Å²) in [7, 11) is -3.23. The van der Waals surface area contributed by atoms with Crippen molar-refractivity contribution in [2.24, 2.45) is 5.41 Å². The molecule has 0 radical (unpaired) electrons. The van der Waals surface area contributed by atoms with Gasteiger partial charge in [0.05, 0.1) is 11.2 Å². The van der Waals surface area contributed by atoms with E-state index in [0.29, 0.717) is 26.2 Å². The molecule has 0 aromatic carbocycles. The van der Waals surface area contributed by atoms with Gasteiger partial charge in [0.1, 0.15) is 0 Å². The number of pyridine rings is 1. The molecular formula is C16H23N3O3S. The van der Waals surface area contributed by atoms with Crippen LogP contribution in [0.4, 0.5) is 0 Å². The number of carbonyl (C=O) groups excluding carboxylic acids is 1. The SMILES string of the molecule is CCS(=O)(=O)N1CCCC2(CCN(Cc3cccnc3)C2=O)C1. The van der Waals surface area contributed by atoms with Crippen LogP contribution in [0.5, 0.6) is 0 Å². The summed E-state index contributed by atoms with van der Waals surface area (Å²) >= 11 is 0. The van der Waals surface area contributed by atoms with E-state index in [2.05, 4.69) is 4.98 Å². The Morgan fingerprint density at radius 2 is 2.13 bits per heavy atom. The highest BCUT2D eigenvalue weighted by Gasteiger charge is 2.50. The fourth-order valence-corrected chi connectivity index (χ4v) is 4.86. The van der Waals surface area contributed by atoms with Crippen molar-refractivity contribution < 1.29 is 13.2 Å². The molecule has 0 aliphatic carbocycles. The second-order valence-corrected chi connectivity index (χ2v) is 8.71. The molecule has 2 fully saturated rings. The number of carbonyl (C=O) groups is 1. The zero-order valence-electron chi connectivity index (χ0n) is 13.4. The highest BCUT2D eigenvalue weighted by Crippen LogP contribution is 2.41. The minimum atomic E-state index is -3.23. The molecule has 1 unspecified atom stereocenters. The van der Waals surface area contributed by atoms with Crippen molar-refractivity contribution in [3.05, 3.63) is 30.1 Å². The zero-order chi connectivity index (χ0) is 16.5. The lowest BCUT2D eigenvalue weighted by molar-refractivity contribution is -0.138. The Morgan fingerprint density at radius 3 is 2.83 bits per heavy atom. The monoisotopic (exact) mass is 337 g/mol. The van der Waals surface area contributed by atoms with E-state index in [1.165, 1.54) is 4.31 Å². The first-order valence-corrected chi connectivity index (χ1v) is 9.74. The average molecular weight is 337 g/mol. The Labute approximate surface area is 137 Å². The Bertz CT molecular complexity index is 677. The predicted octanol–water partition coefficient (Wildman–Crippen LogP) is 1.25. The molecule has 1 aromatic rings. The number of piperidine rings is 1. The van der Waals surface area contributed by atoms with Crippen LogP contribution in [0.1, 0.15) is 31.7 Å². The van der Waals surface area contributed by atoms with Crippen molar-refractivity contribution in [1.82, 2.24) is 14.2 Å². The number of hydrogen-bond acceptors (Lipinski definition) is 4. The fourth-order valence-electron chi connectivity index (χ4n) is 3.64. The molecule has 1 spiro atoms. The lowest BCUT2D eigenvalue weighted by Gasteiger charge is -2.38. The van der Waals surface area contributed by atoms with Crippen LogP contribution in [0, 0.1) is 5.41 Å². The van der Waals surface area contributed by atoms with Gasteiger partial charge in [-0.25, -0.2) is 12.7 Å². The van der Waals surface area contributed by atoms with Gasteiger partial charge in [0.2, 0.25) is 15.9 Å². The van der Waals surface area contributed by atoms with Crippen molar-refractivity contribution in [2.45, 2.75) is 32.7 Å². The molecular weight excluding hydrogens is 314 g/mol. The molecule has 126 valence electrons. The molecule has 0 saturated carbocycles. The summed E-state index contributed by atoms with van der Waals surface area (Å²) in [5.41, 5.74) is 0.481. The van der Waals surface area contributed by atoms with Gasteiger partial charge in [-0.2, -0.15) is 0 Å². The summed E-state index contributed by atoms with van der Waals surface area (Å²) in [6.07, 6.45) is 5.76. The van der Waals surface area contributed by atoms with E-state index >= 15 is 0 Å². The van der Waals surface area contributed by atoms with Gasteiger partial charge in [-0.1, -0.05) is 6.07 Å². The third kappa shape index (κ3) is 3.12. The lowest BCUT2D eigenvalue weighted by Crippen LogP contribution is -2.50. The van der Waals surface area contributed by atoms with Crippen molar-refractivity contribution in [3.8, 4) is 0 Å². The maximum absolute atomic E-state index is 12.9. The molecule has 3 rings (SSSR count). The molecule has 1 aromatic heterocycles. The molecule has 7 heteroatoms. The molecule has 2 aliphatic heterocycles. The van der Waals surface area contributed by atoms with Gasteiger partial charge in [-0.15, -0.1) is 0 Å². The maximum atomic E-state index is 12.9. The van der Waals surface area contributed by atoms with Crippen molar-refractivity contribution >= 4 is 15.9 Å². The molecule has 3 heterocycles. The smallest absolute Gasteiger partial charge is 0.230 e. The van der Waals surface area contributed by atoms with E-state index in [0.717, 1.165) is 24.8 Å².